The number of amides is 2. The fourth-order valence-electron chi connectivity index (χ4n) is 3.45. The van der Waals surface area contributed by atoms with Crippen molar-refractivity contribution in [2.45, 2.75) is 32.3 Å². The molecule has 2 amide bonds. The average Bonchev–Trinajstić information content (AvgIpc) is 2.75. The van der Waals surface area contributed by atoms with E-state index >= 15 is 0 Å². The molecule has 1 heterocycles. The molecule has 0 radical (unpaired) electrons. The van der Waals surface area contributed by atoms with E-state index in [4.69, 9.17) is 16.3 Å². The van der Waals surface area contributed by atoms with Crippen LogP contribution in [0.15, 0.2) is 54.6 Å². The van der Waals surface area contributed by atoms with Crippen molar-refractivity contribution in [1.29, 1.82) is 0 Å². The number of aryl methyl sites for hydroxylation is 1. The van der Waals surface area contributed by atoms with Crippen LogP contribution < -0.4 is 4.74 Å². The van der Waals surface area contributed by atoms with Crippen LogP contribution in [0.5, 0.6) is 5.75 Å². The maximum Gasteiger partial charge on any atom is 0.263 e. The van der Waals surface area contributed by atoms with Gasteiger partial charge in [0.05, 0.1) is 0 Å². The van der Waals surface area contributed by atoms with E-state index in [1.807, 2.05) is 23.1 Å². The van der Waals surface area contributed by atoms with E-state index in [2.05, 4.69) is 12.1 Å². The second-order valence-electron chi connectivity index (χ2n) is 7.26. The number of ether oxygens (including phenoxy) is 1. The Bertz CT molecular complexity index is 803. The van der Waals surface area contributed by atoms with E-state index < -0.39 is 6.10 Å². The van der Waals surface area contributed by atoms with E-state index in [-0.39, 0.29) is 11.8 Å². The van der Waals surface area contributed by atoms with Gasteiger partial charge in [0.1, 0.15) is 5.75 Å². The highest BCUT2D eigenvalue weighted by atomic mass is 35.5. The van der Waals surface area contributed by atoms with Crippen LogP contribution in [0.25, 0.3) is 0 Å². The second-order valence-corrected chi connectivity index (χ2v) is 7.70. The molecular formula is C23H27ClN2O3. The highest BCUT2D eigenvalue weighted by Gasteiger charge is 2.27. The summed E-state index contributed by atoms with van der Waals surface area (Å²) < 4.78 is 5.72. The van der Waals surface area contributed by atoms with Crippen LogP contribution in [0.1, 0.15) is 25.3 Å². The molecule has 0 aromatic heterocycles. The number of benzene rings is 2. The molecule has 6 heteroatoms. The molecule has 0 aliphatic carbocycles. The standard InChI is InChI=1S/C23H27ClN2O3/c1-18(29-21-12-10-20(24)11-13-21)23(28)26-16-14-25(15-17-26)22(27)9-5-8-19-6-3-2-4-7-19/h2-4,6-7,10-13,18H,5,8-9,14-17H2,1H3. The Morgan fingerprint density at radius 2 is 1.59 bits per heavy atom. The number of halogens is 1. The zero-order valence-corrected chi connectivity index (χ0v) is 17.5. The second kappa shape index (κ2) is 10.3. The number of hydrogen-bond acceptors (Lipinski definition) is 3. The van der Waals surface area contributed by atoms with Gasteiger partial charge < -0.3 is 14.5 Å². The van der Waals surface area contributed by atoms with Crippen molar-refractivity contribution in [3.8, 4) is 5.75 Å². The zero-order chi connectivity index (χ0) is 20.6. The Kier molecular flexibility index (Phi) is 7.53. The third kappa shape index (κ3) is 6.23. The fraction of sp³-hybridized carbons (Fsp3) is 0.391. The molecule has 1 aliphatic heterocycles. The van der Waals surface area contributed by atoms with Crippen LogP contribution in [0.2, 0.25) is 5.02 Å². The van der Waals surface area contributed by atoms with Crippen molar-refractivity contribution in [3.63, 3.8) is 0 Å². The van der Waals surface area contributed by atoms with Crippen LogP contribution in [0, 0.1) is 0 Å². The molecule has 2 aromatic carbocycles. The van der Waals surface area contributed by atoms with Gasteiger partial charge in [-0.25, -0.2) is 0 Å². The molecule has 1 fully saturated rings. The third-order valence-electron chi connectivity index (χ3n) is 5.12. The van der Waals surface area contributed by atoms with Gasteiger partial charge in [-0.1, -0.05) is 41.9 Å². The minimum atomic E-state index is -0.579. The van der Waals surface area contributed by atoms with Gasteiger partial charge in [-0.05, 0) is 49.6 Å². The number of nitrogens with zero attached hydrogens (tertiary/aromatic N) is 2. The predicted octanol–water partition coefficient (Wildman–Crippen LogP) is 3.80. The lowest BCUT2D eigenvalue weighted by molar-refractivity contribution is -0.143. The van der Waals surface area contributed by atoms with Gasteiger partial charge in [-0.3, -0.25) is 9.59 Å². The number of rotatable bonds is 7. The van der Waals surface area contributed by atoms with Crippen LogP contribution in [-0.4, -0.2) is 53.9 Å². The summed E-state index contributed by atoms with van der Waals surface area (Å²) in [4.78, 5) is 28.7. The summed E-state index contributed by atoms with van der Waals surface area (Å²) in [6, 6.07) is 17.2. The molecule has 0 N–H and O–H groups in total. The van der Waals surface area contributed by atoms with Crippen molar-refractivity contribution in [2.24, 2.45) is 0 Å². The molecule has 0 spiro atoms. The Hall–Kier alpha value is -2.53. The van der Waals surface area contributed by atoms with Crippen LogP contribution in [0.4, 0.5) is 0 Å². The Morgan fingerprint density at radius 3 is 2.24 bits per heavy atom. The van der Waals surface area contributed by atoms with Gasteiger partial charge >= 0.3 is 0 Å². The van der Waals surface area contributed by atoms with Crippen molar-refractivity contribution in [2.75, 3.05) is 26.2 Å². The summed E-state index contributed by atoms with van der Waals surface area (Å²) in [6.45, 7) is 3.97. The van der Waals surface area contributed by atoms with Crippen molar-refractivity contribution < 1.29 is 14.3 Å². The van der Waals surface area contributed by atoms with E-state index in [1.54, 1.807) is 36.1 Å². The van der Waals surface area contributed by atoms with Gasteiger partial charge in [0, 0.05) is 37.6 Å². The van der Waals surface area contributed by atoms with Gasteiger partial charge in [-0.2, -0.15) is 0 Å². The molecule has 1 saturated heterocycles. The lowest BCUT2D eigenvalue weighted by atomic mass is 10.1. The van der Waals surface area contributed by atoms with E-state index in [0.717, 1.165) is 12.8 Å². The molecule has 29 heavy (non-hydrogen) atoms. The predicted molar refractivity (Wildman–Crippen MR) is 114 cm³/mol. The lowest BCUT2D eigenvalue weighted by Crippen LogP contribution is -2.53. The number of hydrogen-bond donors (Lipinski definition) is 0. The Morgan fingerprint density at radius 1 is 0.966 bits per heavy atom. The highest BCUT2D eigenvalue weighted by Crippen LogP contribution is 2.18. The molecule has 0 saturated carbocycles. The normalized spacial score (nSPS) is 15.1. The summed E-state index contributed by atoms with van der Waals surface area (Å²) in [5.41, 5.74) is 1.25. The van der Waals surface area contributed by atoms with Gasteiger partial charge in [0.25, 0.3) is 5.91 Å². The fourth-order valence-corrected chi connectivity index (χ4v) is 3.57. The molecule has 5 nitrogen and oxygen atoms in total. The van der Waals surface area contributed by atoms with Gasteiger partial charge in [0.15, 0.2) is 6.10 Å². The summed E-state index contributed by atoms with van der Waals surface area (Å²) in [5, 5.41) is 0.626. The molecular weight excluding hydrogens is 388 g/mol. The minimum Gasteiger partial charge on any atom is -0.481 e. The van der Waals surface area contributed by atoms with E-state index in [0.29, 0.717) is 43.4 Å². The largest absolute Gasteiger partial charge is 0.481 e. The first-order chi connectivity index (χ1) is 14.0. The van der Waals surface area contributed by atoms with Gasteiger partial charge in [0.2, 0.25) is 5.91 Å². The van der Waals surface area contributed by atoms with Crippen LogP contribution >= 0.6 is 11.6 Å². The monoisotopic (exact) mass is 414 g/mol. The highest BCUT2D eigenvalue weighted by molar-refractivity contribution is 6.30. The maximum atomic E-state index is 12.6. The van der Waals surface area contributed by atoms with Gasteiger partial charge in [-0.15, -0.1) is 0 Å². The third-order valence-corrected chi connectivity index (χ3v) is 5.37. The minimum absolute atomic E-state index is 0.0591. The SMILES string of the molecule is CC(Oc1ccc(Cl)cc1)C(=O)N1CCN(C(=O)CCCc2ccccc2)CC1. The quantitative estimate of drug-likeness (QED) is 0.692. The molecule has 1 unspecified atom stereocenters. The summed E-state index contributed by atoms with van der Waals surface area (Å²) in [6.07, 6.45) is 1.71. The molecule has 3 rings (SSSR count). The summed E-state index contributed by atoms with van der Waals surface area (Å²) in [5.74, 6) is 0.720. The molecule has 0 bridgehead atoms. The Labute approximate surface area is 177 Å². The molecule has 2 aromatic rings. The first-order valence-electron chi connectivity index (χ1n) is 10.1. The molecule has 1 atom stereocenters. The number of carbonyl (C=O) groups is 2. The zero-order valence-electron chi connectivity index (χ0n) is 16.7. The van der Waals surface area contributed by atoms with Crippen LogP contribution in [-0.2, 0) is 16.0 Å². The Balaban J connectivity index is 1.40. The maximum absolute atomic E-state index is 12.6. The topological polar surface area (TPSA) is 49.9 Å². The van der Waals surface area contributed by atoms with Crippen LogP contribution in [0.3, 0.4) is 0 Å². The molecule has 154 valence electrons. The molecule has 1 aliphatic rings. The first-order valence-corrected chi connectivity index (χ1v) is 10.4. The van der Waals surface area contributed by atoms with Crippen molar-refractivity contribution in [3.05, 3.63) is 65.2 Å². The van der Waals surface area contributed by atoms with E-state index in [1.165, 1.54) is 5.56 Å². The van der Waals surface area contributed by atoms with Crippen molar-refractivity contribution in [1.82, 2.24) is 9.80 Å². The first kappa shape index (κ1) is 21.2. The number of piperazine rings is 1. The average molecular weight is 415 g/mol. The number of carbonyl (C=O) groups excluding carboxylic acids is 2. The summed E-state index contributed by atoms with van der Waals surface area (Å²) >= 11 is 5.87. The van der Waals surface area contributed by atoms with Crippen molar-refractivity contribution >= 4 is 23.4 Å². The summed E-state index contributed by atoms with van der Waals surface area (Å²) in [7, 11) is 0. The smallest absolute Gasteiger partial charge is 0.263 e. The van der Waals surface area contributed by atoms with E-state index in [9.17, 15) is 9.59 Å². The lowest BCUT2D eigenvalue weighted by Gasteiger charge is -2.36.